The number of hydrogen-bond donors (Lipinski definition) is 0. The zero-order valence-electron chi connectivity index (χ0n) is 9.91. The molecule has 0 saturated heterocycles. The lowest BCUT2D eigenvalue weighted by atomic mass is 10.1. The lowest BCUT2D eigenvalue weighted by Crippen LogP contribution is -1.96. The molecule has 0 aliphatic rings. The van der Waals surface area contributed by atoms with Gasteiger partial charge in [-0.05, 0) is 37.0 Å². The molecule has 0 amide bonds. The molecule has 16 heavy (non-hydrogen) atoms. The number of hydrogen-bond acceptors (Lipinski definition) is 2. The van der Waals surface area contributed by atoms with Crippen molar-refractivity contribution in [2.75, 3.05) is 6.61 Å². The summed E-state index contributed by atoms with van der Waals surface area (Å²) in [6, 6.07) is 10.4. The monoisotopic (exact) mass is 217 g/mol. The van der Waals surface area contributed by atoms with E-state index in [1.54, 1.807) is 0 Å². The summed E-state index contributed by atoms with van der Waals surface area (Å²) in [5.74, 6) is 0.901. The van der Waals surface area contributed by atoms with Gasteiger partial charge in [-0.25, -0.2) is 0 Å². The zero-order chi connectivity index (χ0) is 11.6. The highest BCUT2D eigenvalue weighted by Gasteiger charge is 1.95. The van der Waals surface area contributed by atoms with E-state index in [0.717, 1.165) is 18.6 Å². The van der Waals surface area contributed by atoms with E-state index in [9.17, 15) is 0 Å². The predicted molar refractivity (Wildman–Crippen MR) is 65.4 cm³/mol. The van der Waals surface area contributed by atoms with Crippen molar-refractivity contribution in [1.29, 1.82) is 5.26 Å². The Labute approximate surface area is 97.9 Å². The maximum atomic E-state index is 8.38. The van der Waals surface area contributed by atoms with E-state index < -0.39 is 0 Å². The third-order valence-electron chi connectivity index (χ3n) is 2.44. The van der Waals surface area contributed by atoms with Crippen molar-refractivity contribution in [3.8, 4) is 11.8 Å². The molecule has 86 valence electrons. The molecule has 0 heterocycles. The van der Waals surface area contributed by atoms with E-state index in [-0.39, 0.29) is 0 Å². The molecule has 0 spiro atoms. The number of aryl methyl sites for hydroxylation is 1. The van der Waals surface area contributed by atoms with Gasteiger partial charge >= 0.3 is 0 Å². The van der Waals surface area contributed by atoms with Gasteiger partial charge in [0, 0.05) is 6.42 Å². The molecule has 0 unspecified atom stereocenters. The highest BCUT2D eigenvalue weighted by molar-refractivity contribution is 5.27. The fourth-order valence-corrected chi connectivity index (χ4v) is 1.47. The van der Waals surface area contributed by atoms with Gasteiger partial charge in [0.05, 0.1) is 12.7 Å². The maximum Gasteiger partial charge on any atom is 0.119 e. The quantitative estimate of drug-likeness (QED) is 0.652. The van der Waals surface area contributed by atoms with Crippen LogP contribution in [0, 0.1) is 11.3 Å². The molecule has 0 atom stereocenters. The Morgan fingerprint density at radius 2 is 1.94 bits per heavy atom. The fraction of sp³-hybridized carbons (Fsp3) is 0.500. The standard InChI is InChI=1S/C14H19NO/c1-2-3-6-13-7-9-14(10-8-13)16-12-5-4-11-15/h7-10H,2-6,12H2,1H3. The summed E-state index contributed by atoms with van der Waals surface area (Å²) in [4.78, 5) is 0. The number of ether oxygens (including phenoxy) is 1. The number of benzene rings is 1. The SMILES string of the molecule is CCCCc1ccc(OCCCC#N)cc1. The normalized spacial score (nSPS) is 9.75. The first kappa shape index (κ1) is 12.6. The van der Waals surface area contributed by atoms with E-state index >= 15 is 0 Å². The first-order valence-corrected chi connectivity index (χ1v) is 5.95. The molecule has 0 aliphatic carbocycles. The maximum absolute atomic E-state index is 8.38. The summed E-state index contributed by atoms with van der Waals surface area (Å²) >= 11 is 0. The van der Waals surface area contributed by atoms with Gasteiger partial charge in [-0.1, -0.05) is 25.5 Å². The Kier molecular flexibility index (Phi) is 6.10. The summed E-state index contributed by atoms with van der Waals surface area (Å²) in [7, 11) is 0. The van der Waals surface area contributed by atoms with Crippen molar-refractivity contribution in [2.45, 2.75) is 39.0 Å². The molecule has 0 radical (unpaired) electrons. The Morgan fingerprint density at radius 3 is 2.56 bits per heavy atom. The van der Waals surface area contributed by atoms with Gasteiger partial charge in [-0.15, -0.1) is 0 Å². The van der Waals surface area contributed by atoms with Crippen LogP contribution in [-0.4, -0.2) is 6.61 Å². The van der Waals surface area contributed by atoms with E-state index in [0.29, 0.717) is 13.0 Å². The lowest BCUT2D eigenvalue weighted by molar-refractivity contribution is 0.312. The Balaban J connectivity index is 2.31. The molecule has 0 N–H and O–H groups in total. The molecular formula is C14H19NO. The summed E-state index contributed by atoms with van der Waals surface area (Å²) < 4.78 is 5.52. The molecule has 2 heteroatoms. The second-order valence-corrected chi connectivity index (χ2v) is 3.86. The van der Waals surface area contributed by atoms with Crippen LogP contribution in [0.15, 0.2) is 24.3 Å². The summed E-state index contributed by atoms with van der Waals surface area (Å²) in [6.07, 6.45) is 4.97. The molecule has 2 nitrogen and oxygen atoms in total. The minimum absolute atomic E-state index is 0.564. The molecule has 0 aliphatic heterocycles. The molecule has 0 aromatic heterocycles. The molecule has 1 aromatic carbocycles. The number of nitriles is 1. The average Bonchev–Trinajstić information content (AvgIpc) is 2.33. The summed E-state index contributed by atoms with van der Waals surface area (Å²) in [6.45, 7) is 2.83. The molecule has 0 fully saturated rings. The third-order valence-corrected chi connectivity index (χ3v) is 2.44. The van der Waals surface area contributed by atoms with Crippen LogP contribution in [-0.2, 0) is 6.42 Å². The van der Waals surface area contributed by atoms with E-state index in [1.807, 2.05) is 12.1 Å². The van der Waals surface area contributed by atoms with Crippen LogP contribution < -0.4 is 4.74 Å². The third kappa shape index (κ3) is 4.84. The molecular weight excluding hydrogens is 198 g/mol. The Morgan fingerprint density at radius 1 is 1.19 bits per heavy atom. The van der Waals surface area contributed by atoms with Crippen molar-refractivity contribution in [2.24, 2.45) is 0 Å². The summed E-state index contributed by atoms with van der Waals surface area (Å²) in [5, 5.41) is 8.38. The highest BCUT2D eigenvalue weighted by atomic mass is 16.5. The van der Waals surface area contributed by atoms with Gasteiger partial charge in [0.25, 0.3) is 0 Å². The van der Waals surface area contributed by atoms with Crippen LogP contribution >= 0.6 is 0 Å². The largest absolute Gasteiger partial charge is 0.494 e. The zero-order valence-corrected chi connectivity index (χ0v) is 9.91. The smallest absolute Gasteiger partial charge is 0.119 e. The van der Waals surface area contributed by atoms with Crippen molar-refractivity contribution in [3.05, 3.63) is 29.8 Å². The van der Waals surface area contributed by atoms with E-state index in [4.69, 9.17) is 10.00 Å². The molecule has 0 bridgehead atoms. The molecule has 1 aromatic rings. The number of unbranched alkanes of at least 4 members (excludes halogenated alkanes) is 2. The number of nitrogens with zero attached hydrogens (tertiary/aromatic N) is 1. The predicted octanol–water partition coefficient (Wildman–Crippen LogP) is 3.71. The second kappa shape index (κ2) is 7.76. The van der Waals surface area contributed by atoms with E-state index in [2.05, 4.69) is 25.1 Å². The topological polar surface area (TPSA) is 33.0 Å². The molecule has 1 rings (SSSR count). The minimum atomic E-state index is 0.564. The van der Waals surface area contributed by atoms with Crippen molar-refractivity contribution in [1.82, 2.24) is 0 Å². The van der Waals surface area contributed by atoms with Crippen molar-refractivity contribution >= 4 is 0 Å². The van der Waals surface area contributed by atoms with Gasteiger partial charge < -0.3 is 4.74 Å². The fourth-order valence-electron chi connectivity index (χ4n) is 1.47. The first-order valence-electron chi connectivity index (χ1n) is 5.95. The van der Waals surface area contributed by atoms with Crippen LogP contribution in [0.4, 0.5) is 0 Å². The average molecular weight is 217 g/mol. The van der Waals surface area contributed by atoms with Crippen molar-refractivity contribution < 1.29 is 4.74 Å². The van der Waals surface area contributed by atoms with Gasteiger partial charge in [0.2, 0.25) is 0 Å². The lowest BCUT2D eigenvalue weighted by Gasteiger charge is -2.05. The first-order chi connectivity index (χ1) is 7.86. The van der Waals surface area contributed by atoms with Crippen LogP contribution in [0.3, 0.4) is 0 Å². The van der Waals surface area contributed by atoms with E-state index in [1.165, 1.54) is 18.4 Å². The van der Waals surface area contributed by atoms with Crippen molar-refractivity contribution in [3.63, 3.8) is 0 Å². The van der Waals surface area contributed by atoms with Gasteiger partial charge in [0.15, 0.2) is 0 Å². The minimum Gasteiger partial charge on any atom is -0.494 e. The van der Waals surface area contributed by atoms with Gasteiger partial charge in [0.1, 0.15) is 5.75 Å². The Bertz CT molecular complexity index is 324. The number of rotatable bonds is 7. The van der Waals surface area contributed by atoms with Gasteiger partial charge in [-0.2, -0.15) is 5.26 Å². The molecule has 0 saturated carbocycles. The van der Waals surface area contributed by atoms with Crippen LogP contribution in [0.25, 0.3) is 0 Å². The Hall–Kier alpha value is -1.49. The van der Waals surface area contributed by atoms with Gasteiger partial charge in [-0.3, -0.25) is 0 Å². The van der Waals surface area contributed by atoms with Crippen LogP contribution in [0.5, 0.6) is 5.75 Å². The highest BCUT2D eigenvalue weighted by Crippen LogP contribution is 2.14. The second-order valence-electron chi connectivity index (χ2n) is 3.86. The van der Waals surface area contributed by atoms with Crippen LogP contribution in [0.1, 0.15) is 38.2 Å². The van der Waals surface area contributed by atoms with Crippen LogP contribution in [0.2, 0.25) is 0 Å². The summed E-state index contributed by atoms with van der Waals surface area (Å²) in [5.41, 5.74) is 1.37.